The number of hydrogen-bond donors (Lipinski definition) is 11. The molecule has 16 atom stereocenters. The van der Waals surface area contributed by atoms with E-state index in [4.69, 9.17) is 54.5 Å². The Hall–Kier alpha value is -5.11. The molecular weight excluding hydrogens is 1130 g/mol. The Labute approximate surface area is 435 Å². The van der Waals surface area contributed by atoms with Gasteiger partial charge in [-0.3, -0.25) is 42.3 Å². The molecule has 0 spiro atoms. The van der Waals surface area contributed by atoms with Crippen LogP contribution in [0.3, 0.4) is 0 Å². The molecule has 428 valence electrons. The average Bonchev–Trinajstić information content (AvgIpc) is 4.42. The van der Waals surface area contributed by atoms with Gasteiger partial charge in [0.15, 0.2) is 41.4 Å². The highest BCUT2D eigenvalue weighted by atomic mass is 31.3. The van der Waals surface area contributed by atoms with E-state index in [0.29, 0.717) is 0 Å². The Balaban J connectivity index is 0.890. The van der Waals surface area contributed by atoms with Crippen LogP contribution in [-0.4, -0.2) is 172 Å². The topological polar surface area (TPSA) is 545 Å². The Bertz CT molecular complexity index is 3530. The maximum Gasteiger partial charge on any atom is 0.490 e. The minimum atomic E-state index is -6.21. The number of aryl methyl sites for hydroxylation is 1. The Morgan fingerprint density at radius 1 is 0.756 bits per heavy atom. The first-order chi connectivity index (χ1) is 36.7. The van der Waals surface area contributed by atoms with Gasteiger partial charge in [0.2, 0.25) is 17.7 Å². The first-order valence-electron chi connectivity index (χ1n) is 22.9. The number of nitrogens with one attached hydrogen (secondary N) is 2. The molecule has 78 heavy (non-hydrogen) atoms. The molecule has 0 amide bonds. The molecule has 3 fully saturated rings. The number of H-pyrrole nitrogens is 2. The number of rotatable bonds is 22. The fraction of sp³-hybridized carbons (Fsp3) is 0.583. The third-order valence-electron chi connectivity index (χ3n) is 12.7. The summed E-state index contributed by atoms with van der Waals surface area (Å²) in [7, 11) is -21.0. The second kappa shape index (κ2) is 22.1. The van der Waals surface area contributed by atoms with Crippen molar-refractivity contribution in [3.05, 3.63) is 46.0 Å². The van der Waals surface area contributed by atoms with Crippen molar-refractivity contribution in [2.75, 3.05) is 57.3 Å². The van der Waals surface area contributed by atoms with Crippen molar-refractivity contribution in [1.82, 2.24) is 53.6 Å². The minimum Gasteiger partial charge on any atom is -0.778 e. The summed E-state index contributed by atoms with van der Waals surface area (Å²) in [4.78, 5) is 100. The second-order valence-corrected chi connectivity index (χ2v) is 24.2. The molecule has 6 aromatic heterocycles. The molecule has 0 aromatic carbocycles. The van der Waals surface area contributed by atoms with Gasteiger partial charge in [-0.25, -0.2) is 38.2 Å². The van der Waals surface area contributed by atoms with Gasteiger partial charge < -0.3 is 84.9 Å². The molecule has 14 N–H and O–H groups in total. The number of phosphoric ester groups is 2. The summed E-state index contributed by atoms with van der Waals surface area (Å²) < 4.78 is 112. The van der Waals surface area contributed by atoms with Gasteiger partial charge in [0.25, 0.3) is 17.1 Å². The number of imidazole rings is 3. The summed E-state index contributed by atoms with van der Waals surface area (Å²) >= 11 is 0. The van der Waals surface area contributed by atoms with Gasteiger partial charge in [-0.2, -0.15) is 13.6 Å². The number of methoxy groups -OCH3 is 1. The zero-order valence-corrected chi connectivity index (χ0v) is 44.2. The second-order valence-electron chi connectivity index (χ2n) is 17.6. The maximum atomic E-state index is 14.3. The highest BCUT2D eigenvalue weighted by Gasteiger charge is 2.55. The van der Waals surface area contributed by atoms with Crippen LogP contribution < -0.4 is 37.8 Å². The number of aliphatic hydroxyl groups excluding tert-OH is 3. The molecule has 9 heterocycles. The molecule has 0 saturated carbocycles. The number of nitrogens with two attached hydrogens (primary N) is 3. The molecule has 4 unspecified atom stereocenters. The van der Waals surface area contributed by atoms with E-state index in [-0.39, 0.29) is 70.8 Å². The zero-order chi connectivity index (χ0) is 56.4. The quantitative estimate of drug-likeness (QED) is 0.0178. The summed E-state index contributed by atoms with van der Waals surface area (Å²) in [6.45, 7) is -1.26. The number of hydrogen-bond acceptors (Lipinski definition) is 29. The summed E-state index contributed by atoms with van der Waals surface area (Å²) in [5.41, 5.74) is 13.6. The fourth-order valence-corrected chi connectivity index (χ4v) is 14.5. The number of nitrogens with zero attached hydrogens (tertiary/aromatic N) is 10. The van der Waals surface area contributed by atoms with Crippen molar-refractivity contribution in [3.63, 3.8) is 0 Å². The predicted octanol–water partition coefficient (Wildman–Crippen LogP) is -3.59. The predicted molar refractivity (Wildman–Crippen MR) is 254 cm³/mol. The number of fused-ring (bicyclic) bond motifs is 3. The van der Waals surface area contributed by atoms with E-state index in [2.05, 4.69) is 48.5 Å². The van der Waals surface area contributed by atoms with Crippen LogP contribution in [-0.2, 0) is 71.2 Å². The largest absolute Gasteiger partial charge is 0.778 e. The number of ether oxygens (including phenoxy) is 5. The number of anilines is 3. The molecule has 42 heteroatoms. The van der Waals surface area contributed by atoms with Gasteiger partial charge in [0, 0.05) is 26.2 Å². The van der Waals surface area contributed by atoms with Crippen LogP contribution in [0.25, 0.3) is 33.5 Å². The molecular formula is C36H51N15O23P4. The normalized spacial score (nSPS) is 29.8. The number of aliphatic hydroxyl groups is 3. The Morgan fingerprint density at radius 3 is 2.05 bits per heavy atom. The van der Waals surface area contributed by atoms with Gasteiger partial charge in [-0.15, -0.1) is 0 Å². The first-order valence-corrected chi connectivity index (χ1v) is 29.0. The van der Waals surface area contributed by atoms with Crippen LogP contribution in [0.15, 0.2) is 34.9 Å². The van der Waals surface area contributed by atoms with Crippen molar-refractivity contribution >= 4 is 82.3 Å². The van der Waals surface area contributed by atoms with Gasteiger partial charge in [-0.05, 0) is 13.3 Å². The lowest BCUT2D eigenvalue weighted by atomic mass is 9.95. The van der Waals surface area contributed by atoms with Crippen molar-refractivity contribution in [2.45, 2.75) is 80.4 Å². The summed E-state index contributed by atoms with van der Waals surface area (Å²) in [6.07, 6.45) is -11.4. The van der Waals surface area contributed by atoms with E-state index >= 15 is 0 Å². The van der Waals surface area contributed by atoms with Crippen LogP contribution in [0.5, 0.6) is 0 Å². The fourth-order valence-electron chi connectivity index (χ4n) is 9.28. The van der Waals surface area contributed by atoms with E-state index in [9.17, 15) is 62.7 Å². The zero-order valence-electron chi connectivity index (χ0n) is 40.6. The van der Waals surface area contributed by atoms with Gasteiger partial charge >= 0.3 is 29.1 Å². The van der Waals surface area contributed by atoms with E-state index in [1.54, 1.807) is 6.92 Å². The lowest BCUT2D eigenvalue weighted by Gasteiger charge is -2.35. The molecule has 0 aliphatic carbocycles. The number of aromatic nitrogens is 12. The SMILES string of the molecule is CCOCC[C@H]1[C@@H](O)[C@H]([n+]2cn(C)c3c(=O)[nH]c(N)nc32)O[C@@H]1COP(=O)(O)OP(=O)(O)OP(=O)(O)OC[C@H]1O[C@@H](n2cnc3c(N)ncnc32)[C@H](OC)[C@@H]1P(=O)([O-])OC[C@H]1O[C@@H](n2cnc3c(=O)[nH]c(N)nc32)[C@H](O)[C@@H]1O. The lowest BCUT2D eigenvalue weighted by molar-refractivity contribution is -0.745. The van der Waals surface area contributed by atoms with Crippen LogP contribution in [0, 0.1) is 5.92 Å². The molecule has 3 saturated heterocycles. The Kier molecular flexibility index (Phi) is 16.3. The third-order valence-corrected chi connectivity index (χ3v) is 18.8. The van der Waals surface area contributed by atoms with Crippen molar-refractivity contribution in [2.24, 2.45) is 13.0 Å². The Morgan fingerprint density at radius 2 is 1.37 bits per heavy atom. The highest BCUT2D eigenvalue weighted by Crippen LogP contribution is 2.68. The molecule has 3 aliphatic rings. The van der Waals surface area contributed by atoms with Crippen molar-refractivity contribution in [1.29, 1.82) is 0 Å². The summed E-state index contributed by atoms with van der Waals surface area (Å²) in [5, 5.41) is 33.4. The standard InChI is InChI=1S/C36H51N15O23P4/c1-4-66-6-5-14-15(70-32(21(14)52)51-13-48(2)20-29(51)45-36(39)47-31(20)56)7-68-76(59,60)73-78(63,64)74-77(61,62)69-9-17-25(24(65-3)34(72-17)49-11-42-18-26(37)40-10-41-27(18)49)75(57,58)67-8-16-22(53)23(54)33(71-16)50-12-43-19-28(50)44-35(38)46-30(19)55/h10-17,21-25,32-34,52-54H,4-9H2,1-3H3,(H11-,37,38,39,40,41,44,45,46,47,55,56,57,58,59,60,61,62,63,64)/t14-,15-,16-,17-,21-,22-,23-,24-,25-,32-,33-,34-/m1/s1. The number of aromatic amines is 2. The maximum absolute atomic E-state index is 14.3. The molecule has 38 nitrogen and oxygen atoms in total. The number of phosphoric acid groups is 3. The molecule has 9 rings (SSSR count). The van der Waals surface area contributed by atoms with Crippen molar-refractivity contribution < 1.29 is 104 Å². The molecule has 0 radical (unpaired) electrons. The number of nitrogen functional groups attached to an aromatic ring is 3. The van der Waals surface area contributed by atoms with Crippen LogP contribution in [0.4, 0.5) is 17.7 Å². The lowest BCUT2D eigenvalue weighted by Crippen LogP contribution is -2.45. The summed E-state index contributed by atoms with van der Waals surface area (Å²) in [6, 6.07) is 0. The van der Waals surface area contributed by atoms with E-state index in [1.807, 2.05) is 0 Å². The molecule has 3 aliphatic heterocycles. The molecule has 6 aromatic rings. The van der Waals surface area contributed by atoms with Gasteiger partial charge in [0.05, 0.1) is 57.4 Å². The smallest absolute Gasteiger partial charge is 0.490 e. The molecule has 0 bridgehead atoms. The van der Waals surface area contributed by atoms with E-state index in [0.717, 1.165) is 30.7 Å². The van der Waals surface area contributed by atoms with Crippen LogP contribution in [0.2, 0.25) is 0 Å². The van der Waals surface area contributed by atoms with Gasteiger partial charge in [-0.1, -0.05) is 4.98 Å². The van der Waals surface area contributed by atoms with Crippen molar-refractivity contribution in [3.8, 4) is 0 Å². The van der Waals surface area contributed by atoms with Crippen LogP contribution in [0.1, 0.15) is 32.0 Å². The highest BCUT2D eigenvalue weighted by molar-refractivity contribution is 7.66. The third kappa shape index (κ3) is 11.5. The van der Waals surface area contributed by atoms with E-state index < -0.39 is 135 Å². The monoisotopic (exact) mass is 1190 g/mol. The average molecular weight is 1190 g/mol. The van der Waals surface area contributed by atoms with Crippen LogP contribution >= 0.6 is 31.1 Å². The van der Waals surface area contributed by atoms with E-state index in [1.165, 1.54) is 27.1 Å². The first kappa shape index (κ1) is 57.6. The summed E-state index contributed by atoms with van der Waals surface area (Å²) in [5.74, 6) is -1.62. The minimum absolute atomic E-state index is 0.00659. The van der Waals surface area contributed by atoms with Gasteiger partial charge in [0.1, 0.15) is 50.0 Å².